The van der Waals surface area contributed by atoms with Crippen LogP contribution in [0.25, 0.3) is 0 Å². The van der Waals surface area contributed by atoms with Crippen LogP contribution >= 0.6 is 0 Å². The molecule has 1 heterocycles. The van der Waals surface area contributed by atoms with Gasteiger partial charge in [-0.3, -0.25) is 9.69 Å². The van der Waals surface area contributed by atoms with Gasteiger partial charge < -0.3 is 14.6 Å². The highest BCUT2D eigenvalue weighted by Crippen LogP contribution is 2.30. The monoisotopic (exact) mass is 279 g/mol. The minimum absolute atomic E-state index is 0.519. The summed E-state index contributed by atoms with van der Waals surface area (Å²) in [7, 11) is 1.80. The van der Waals surface area contributed by atoms with Crippen molar-refractivity contribution in [2.24, 2.45) is 0 Å². The van der Waals surface area contributed by atoms with Crippen LogP contribution in [0.4, 0.5) is 0 Å². The summed E-state index contributed by atoms with van der Waals surface area (Å²) in [4.78, 5) is 12.7. The van der Waals surface area contributed by atoms with Gasteiger partial charge in [0.2, 0.25) is 0 Å². The zero-order valence-corrected chi connectivity index (χ0v) is 12.0. The molecular weight excluding hydrogens is 258 g/mol. The summed E-state index contributed by atoms with van der Waals surface area (Å²) < 4.78 is 11.3. The number of benzene rings is 1. The lowest BCUT2D eigenvalue weighted by atomic mass is 10.1. The van der Waals surface area contributed by atoms with Gasteiger partial charge in [0.05, 0.1) is 13.2 Å². The van der Waals surface area contributed by atoms with Crippen LogP contribution in [0.2, 0.25) is 0 Å². The Morgan fingerprint density at radius 2 is 1.95 bits per heavy atom. The van der Waals surface area contributed by atoms with E-state index >= 15 is 0 Å². The molecular formula is C15H21NO4. The maximum absolute atomic E-state index is 11.0. The Bertz CT molecular complexity index is 475. The minimum Gasteiger partial charge on any atom is -0.490 e. The standard InChI is InChI=1S/C15H21NO4/c1-11(15(17)18)16(2)10-12-5-6-13-14(9-12)20-8-4-3-7-19-13/h5-6,9,11H,3-4,7-8,10H2,1-2H3,(H,17,18). The predicted octanol–water partition coefficient (Wildman–Crippen LogP) is 2.14. The number of rotatable bonds is 4. The molecule has 0 amide bonds. The fourth-order valence-corrected chi connectivity index (χ4v) is 2.06. The third-order valence-electron chi connectivity index (χ3n) is 3.51. The highest BCUT2D eigenvalue weighted by Gasteiger charge is 2.17. The van der Waals surface area contributed by atoms with E-state index in [2.05, 4.69) is 0 Å². The van der Waals surface area contributed by atoms with Crippen molar-refractivity contribution < 1.29 is 19.4 Å². The third kappa shape index (κ3) is 3.63. The van der Waals surface area contributed by atoms with E-state index in [1.54, 1.807) is 18.9 Å². The molecule has 1 unspecified atom stereocenters. The van der Waals surface area contributed by atoms with Crippen molar-refractivity contribution in [3.8, 4) is 11.5 Å². The summed E-state index contributed by atoms with van der Waals surface area (Å²) in [6.45, 7) is 3.65. The largest absolute Gasteiger partial charge is 0.490 e. The lowest BCUT2D eigenvalue weighted by molar-refractivity contribution is -0.142. The molecule has 0 spiro atoms. The molecule has 5 nitrogen and oxygen atoms in total. The second-order valence-corrected chi connectivity index (χ2v) is 5.11. The van der Waals surface area contributed by atoms with Gasteiger partial charge in [-0.25, -0.2) is 0 Å². The summed E-state index contributed by atoms with van der Waals surface area (Å²) >= 11 is 0. The fourth-order valence-electron chi connectivity index (χ4n) is 2.06. The number of hydrogen-bond acceptors (Lipinski definition) is 4. The van der Waals surface area contributed by atoms with Crippen molar-refractivity contribution >= 4 is 5.97 Å². The minimum atomic E-state index is -0.821. The molecule has 0 saturated carbocycles. The van der Waals surface area contributed by atoms with Crippen molar-refractivity contribution in [2.75, 3.05) is 20.3 Å². The van der Waals surface area contributed by atoms with Gasteiger partial charge >= 0.3 is 5.97 Å². The van der Waals surface area contributed by atoms with Gasteiger partial charge in [0.25, 0.3) is 0 Å². The molecule has 1 aromatic rings. The van der Waals surface area contributed by atoms with Crippen molar-refractivity contribution in [3.05, 3.63) is 23.8 Å². The lowest BCUT2D eigenvalue weighted by Crippen LogP contribution is -2.35. The van der Waals surface area contributed by atoms with Crippen LogP contribution in [0.3, 0.4) is 0 Å². The Morgan fingerprint density at radius 3 is 2.60 bits per heavy atom. The molecule has 0 aliphatic carbocycles. The van der Waals surface area contributed by atoms with E-state index < -0.39 is 12.0 Å². The third-order valence-corrected chi connectivity index (χ3v) is 3.51. The second kappa shape index (κ2) is 6.61. The zero-order valence-electron chi connectivity index (χ0n) is 12.0. The Labute approximate surface area is 119 Å². The number of fused-ring (bicyclic) bond motifs is 1. The Morgan fingerprint density at radius 1 is 1.30 bits per heavy atom. The maximum atomic E-state index is 11.0. The van der Waals surface area contributed by atoms with Crippen LogP contribution in [-0.2, 0) is 11.3 Å². The number of carboxylic acid groups (broad SMARTS) is 1. The number of ether oxygens (including phenoxy) is 2. The normalized spacial score (nSPS) is 16.4. The van der Waals surface area contributed by atoms with Gasteiger partial charge in [0.15, 0.2) is 11.5 Å². The van der Waals surface area contributed by atoms with Gasteiger partial charge in [0, 0.05) is 6.54 Å². The van der Waals surface area contributed by atoms with E-state index in [1.807, 2.05) is 18.2 Å². The number of carbonyl (C=O) groups is 1. The number of likely N-dealkylation sites (N-methyl/N-ethyl adjacent to an activating group) is 1. The van der Waals surface area contributed by atoms with Gasteiger partial charge in [-0.05, 0) is 44.5 Å². The van der Waals surface area contributed by atoms with E-state index in [4.69, 9.17) is 14.6 Å². The van der Waals surface area contributed by atoms with Crippen molar-refractivity contribution in [3.63, 3.8) is 0 Å². The van der Waals surface area contributed by atoms with Crippen molar-refractivity contribution in [1.29, 1.82) is 0 Å². The maximum Gasteiger partial charge on any atom is 0.320 e. The van der Waals surface area contributed by atoms with Crippen LogP contribution in [-0.4, -0.2) is 42.3 Å². The topological polar surface area (TPSA) is 59.0 Å². The molecule has 0 bridgehead atoms. The number of aliphatic carboxylic acids is 1. The fraction of sp³-hybridized carbons (Fsp3) is 0.533. The van der Waals surface area contributed by atoms with Crippen molar-refractivity contribution in [1.82, 2.24) is 4.90 Å². The van der Waals surface area contributed by atoms with Gasteiger partial charge in [0.1, 0.15) is 6.04 Å². The Kier molecular flexibility index (Phi) is 4.84. The molecule has 5 heteroatoms. The highest BCUT2D eigenvalue weighted by atomic mass is 16.5. The average molecular weight is 279 g/mol. The SMILES string of the molecule is CC(C(=O)O)N(C)Cc1ccc2c(c1)OCCCCO2. The highest BCUT2D eigenvalue weighted by molar-refractivity contribution is 5.72. The van der Waals surface area contributed by atoms with Crippen LogP contribution < -0.4 is 9.47 Å². The summed E-state index contributed by atoms with van der Waals surface area (Å²) in [5, 5.41) is 9.00. The van der Waals surface area contributed by atoms with E-state index in [0.717, 1.165) is 29.9 Å². The Balaban J connectivity index is 2.09. The first-order valence-electron chi connectivity index (χ1n) is 6.89. The Hall–Kier alpha value is -1.75. The smallest absolute Gasteiger partial charge is 0.320 e. The van der Waals surface area contributed by atoms with E-state index in [0.29, 0.717) is 19.8 Å². The van der Waals surface area contributed by atoms with Crippen LogP contribution in [0.5, 0.6) is 11.5 Å². The molecule has 0 aromatic heterocycles. The predicted molar refractivity (Wildman–Crippen MR) is 75.2 cm³/mol. The molecule has 0 fully saturated rings. The summed E-state index contributed by atoms with van der Waals surface area (Å²) in [6, 6.07) is 5.27. The first-order valence-corrected chi connectivity index (χ1v) is 6.89. The van der Waals surface area contributed by atoms with Crippen LogP contribution in [0.1, 0.15) is 25.3 Å². The number of hydrogen-bond donors (Lipinski definition) is 1. The second-order valence-electron chi connectivity index (χ2n) is 5.11. The molecule has 2 rings (SSSR count). The molecule has 20 heavy (non-hydrogen) atoms. The van der Waals surface area contributed by atoms with Gasteiger partial charge in [-0.1, -0.05) is 6.07 Å². The zero-order chi connectivity index (χ0) is 14.5. The van der Waals surface area contributed by atoms with Gasteiger partial charge in [-0.15, -0.1) is 0 Å². The first-order chi connectivity index (χ1) is 9.58. The number of carboxylic acids is 1. The summed E-state index contributed by atoms with van der Waals surface area (Å²) in [5.41, 5.74) is 1.02. The van der Waals surface area contributed by atoms with E-state index in [1.165, 1.54) is 0 Å². The quantitative estimate of drug-likeness (QED) is 0.915. The summed E-state index contributed by atoms with van der Waals surface area (Å²) in [6.07, 6.45) is 1.99. The van der Waals surface area contributed by atoms with Crippen LogP contribution in [0, 0.1) is 0 Å². The van der Waals surface area contributed by atoms with E-state index in [-0.39, 0.29) is 0 Å². The number of nitrogens with zero attached hydrogens (tertiary/aromatic N) is 1. The average Bonchev–Trinajstić information content (AvgIpc) is 2.39. The molecule has 0 radical (unpaired) electrons. The molecule has 1 aromatic carbocycles. The van der Waals surface area contributed by atoms with Crippen LogP contribution in [0.15, 0.2) is 18.2 Å². The molecule has 0 saturated heterocycles. The van der Waals surface area contributed by atoms with Gasteiger partial charge in [-0.2, -0.15) is 0 Å². The lowest BCUT2D eigenvalue weighted by Gasteiger charge is -2.22. The first kappa shape index (κ1) is 14.7. The molecule has 1 aliphatic heterocycles. The molecule has 1 N–H and O–H groups in total. The summed E-state index contributed by atoms with van der Waals surface area (Å²) in [5.74, 6) is 0.694. The molecule has 1 atom stereocenters. The molecule has 1 aliphatic rings. The van der Waals surface area contributed by atoms with E-state index in [9.17, 15) is 4.79 Å². The molecule has 110 valence electrons. The van der Waals surface area contributed by atoms with Crippen molar-refractivity contribution in [2.45, 2.75) is 32.4 Å².